The van der Waals surface area contributed by atoms with Crippen LogP contribution in [0, 0.1) is 20.8 Å². The van der Waals surface area contributed by atoms with Crippen molar-refractivity contribution in [2.45, 2.75) is 27.3 Å². The van der Waals surface area contributed by atoms with Crippen molar-refractivity contribution in [2.24, 2.45) is 0 Å². The van der Waals surface area contributed by atoms with Gasteiger partial charge in [-0.3, -0.25) is 4.98 Å². The molecule has 1 aromatic heterocycles. The summed E-state index contributed by atoms with van der Waals surface area (Å²) in [5.41, 5.74) is 4.49. The van der Waals surface area contributed by atoms with E-state index >= 15 is 0 Å². The lowest BCUT2D eigenvalue weighted by Crippen LogP contribution is -2.10. The zero-order chi connectivity index (χ0) is 14.7. The molecule has 0 aliphatic rings. The molecule has 4 heteroatoms. The number of hydrogen-bond donors (Lipinski definition) is 2. The Labute approximate surface area is 118 Å². The molecule has 0 fully saturated rings. The molecule has 0 atom stereocenters. The summed E-state index contributed by atoms with van der Waals surface area (Å²) >= 11 is 0. The number of carboxylic acids is 1. The molecule has 104 valence electrons. The number of carboxylic acid groups (broad SMARTS) is 1. The van der Waals surface area contributed by atoms with Crippen molar-refractivity contribution in [1.82, 2.24) is 4.98 Å². The van der Waals surface area contributed by atoms with Gasteiger partial charge < -0.3 is 10.4 Å². The van der Waals surface area contributed by atoms with Crippen LogP contribution in [0.5, 0.6) is 0 Å². The molecule has 1 aromatic carbocycles. The minimum absolute atomic E-state index is 0.239. The number of nitrogens with zero attached hydrogens (tertiary/aromatic N) is 1. The molecule has 0 saturated carbocycles. The Morgan fingerprint density at radius 1 is 1.25 bits per heavy atom. The molecule has 0 saturated heterocycles. The third-order valence-corrected chi connectivity index (χ3v) is 3.11. The molecular formula is C16H18N2O2. The van der Waals surface area contributed by atoms with Gasteiger partial charge in [-0.25, -0.2) is 4.79 Å². The molecule has 1 heterocycles. The Balaban J connectivity index is 2.27. The van der Waals surface area contributed by atoms with Crippen LogP contribution in [0.1, 0.15) is 32.9 Å². The smallest absolute Gasteiger partial charge is 0.339 e. The van der Waals surface area contributed by atoms with Crippen molar-refractivity contribution >= 4 is 11.7 Å². The average Bonchev–Trinajstić information content (AvgIpc) is 2.35. The zero-order valence-corrected chi connectivity index (χ0v) is 11.9. The molecule has 0 spiro atoms. The second kappa shape index (κ2) is 5.74. The first-order chi connectivity index (χ1) is 9.47. The highest BCUT2D eigenvalue weighted by Gasteiger charge is 2.15. The molecule has 0 amide bonds. The van der Waals surface area contributed by atoms with Crippen LogP contribution in [0.25, 0.3) is 0 Å². The van der Waals surface area contributed by atoms with E-state index in [9.17, 15) is 9.90 Å². The van der Waals surface area contributed by atoms with Crippen LogP contribution in [0.15, 0.2) is 30.3 Å². The maximum atomic E-state index is 11.3. The fraction of sp³-hybridized carbons (Fsp3) is 0.250. The number of rotatable bonds is 4. The highest BCUT2D eigenvalue weighted by atomic mass is 16.4. The van der Waals surface area contributed by atoms with Crippen LogP contribution in [0.4, 0.5) is 5.69 Å². The Hall–Kier alpha value is -2.36. The molecule has 0 unspecified atom stereocenters. The summed E-state index contributed by atoms with van der Waals surface area (Å²) in [6.07, 6.45) is 0. The van der Waals surface area contributed by atoms with Gasteiger partial charge in [0.15, 0.2) is 0 Å². The van der Waals surface area contributed by atoms with Crippen LogP contribution in [0.3, 0.4) is 0 Å². The average molecular weight is 270 g/mol. The summed E-state index contributed by atoms with van der Waals surface area (Å²) in [5.74, 6) is -0.957. The predicted molar refractivity (Wildman–Crippen MR) is 79.2 cm³/mol. The van der Waals surface area contributed by atoms with Gasteiger partial charge in [0.2, 0.25) is 0 Å². The first-order valence-corrected chi connectivity index (χ1v) is 6.48. The summed E-state index contributed by atoms with van der Waals surface area (Å²) in [6.45, 7) is 6.20. The van der Waals surface area contributed by atoms with E-state index in [1.807, 2.05) is 32.0 Å². The zero-order valence-electron chi connectivity index (χ0n) is 11.9. The van der Waals surface area contributed by atoms with E-state index in [1.165, 1.54) is 5.56 Å². The highest BCUT2D eigenvalue weighted by molar-refractivity contribution is 5.95. The Kier molecular flexibility index (Phi) is 4.03. The van der Waals surface area contributed by atoms with E-state index in [2.05, 4.69) is 16.4 Å². The second-order valence-electron chi connectivity index (χ2n) is 4.92. The lowest BCUT2D eigenvalue weighted by molar-refractivity contribution is 0.0696. The summed E-state index contributed by atoms with van der Waals surface area (Å²) in [6, 6.07) is 9.89. The molecule has 0 bridgehead atoms. The van der Waals surface area contributed by atoms with Gasteiger partial charge in [-0.2, -0.15) is 0 Å². The second-order valence-corrected chi connectivity index (χ2v) is 4.92. The minimum atomic E-state index is -0.957. The number of anilines is 1. The van der Waals surface area contributed by atoms with E-state index in [0.29, 0.717) is 17.9 Å². The number of benzene rings is 1. The number of aromatic carboxylic acids is 1. The third-order valence-electron chi connectivity index (χ3n) is 3.11. The van der Waals surface area contributed by atoms with E-state index < -0.39 is 5.97 Å². The fourth-order valence-electron chi connectivity index (χ4n) is 2.26. The van der Waals surface area contributed by atoms with Crippen molar-refractivity contribution in [3.05, 3.63) is 58.4 Å². The molecule has 2 rings (SSSR count). The SMILES string of the molecule is Cc1cccc(CNc2cc(C)nc(C)c2C(=O)O)c1. The predicted octanol–water partition coefficient (Wildman–Crippen LogP) is 3.32. The Morgan fingerprint density at radius 3 is 2.65 bits per heavy atom. The first-order valence-electron chi connectivity index (χ1n) is 6.48. The van der Waals surface area contributed by atoms with E-state index in [0.717, 1.165) is 11.3 Å². The number of nitrogens with one attached hydrogen (secondary N) is 1. The minimum Gasteiger partial charge on any atom is -0.478 e. The number of aryl methyl sites for hydroxylation is 3. The van der Waals surface area contributed by atoms with E-state index in [4.69, 9.17) is 0 Å². The molecule has 2 aromatic rings. The first kappa shape index (κ1) is 14.1. The van der Waals surface area contributed by atoms with Crippen LogP contribution in [-0.2, 0) is 6.54 Å². The standard InChI is InChI=1S/C16H18N2O2/c1-10-5-4-6-13(7-10)9-17-14-8-11(2)18-12(3)15(14)16(19)20/h4-8H,9H2,1-3H3,(H,17,18)(H,19,20). The Bertz CT molecular complexity index is 651. The van der Waals surface area contributed by atoms with Crippen LogP contribution < -0.4 is 5.32 Å². The van der Waals surface area contributed by atoms with Gasteiger partial charge in [0.05, 0.1) is 11.4 Å². The molecular weight excluding hydrogens is 252 g/mol. The third kappa shape index (κ3) is 3.15. The van der Waals surface area contributed by atoms with Crippen LogP contribution >= 0.6 is 0 Å². The van der Waals surface area contributed by atoms with Crippen molar-refractivity contribution in [2.75, 3.05) is 5.32 Å². The van der Waals surface area contributed by atoms with Gasteiger partial charge in [0.25, 0.3) is 0 Å². The molecule has 20 heavy (non-hydrogen) atoms. The van der Waals surface area contributed by atoms with Gasteiger partial charge in [-0.1, -0.05) is 29.8 Å². The highest BCUT2D eigenvalue weighted by Crippen LogP contribution is 2.20. The van der Waals surface area contributed by atoms with Gasteiger partial charge >= 0.3 is 5.97 Å². The molecule has 0 aliphatic heterocycles. The quantitative estimate of drug-likeness (QED) is 0.894. The summed E-state index contributed by atoms with van der Waals surface area (Å²) < 4.78 is 0. The van der Waals surface area contributed by atoms with E-state index in [-0.39, 0.29) is 5.56 Å². The Morgan fingerprint density at radius 2 is 2.00 bits per heavy atom. The van der Waals surface area contributed by atoms with Crippen LogP contribution in [-0.4, -0.2) is 16.1 Å². The molecule has 0 radical (unpaired) electrons. The summed E-state index contributed by atoms with van der Waals surface area (Å²) in [5, 5.41) is 12.5. The van der Waals surface area contributed by atoms with Crippen LogP contribution in [0.2, 0.25) is 0 Å². The number of carbonyl (C=O) groups is 1. The maximum Gasteiger partial charge on any atom is 0.339 e. The molecule has 0 aliphatic carbocycles. The topological polar surface area (TPSA) is 62.2 Å². The summed E-state index contributed by atoms with van der Waals surface area (Å²) in [7, 11) is 0. The number of hydrogen-bond acceptors (Lipinski definition) is 3. The largest absolute Gasteiger partial charge is 0.478 e. The summed E-state index contributed by atoms with van der Waals surface area (Å²) in [4.78, 5) is 15.5. The monoisotopic (exact) mass is 270 g/mol. The lowest BCUT2D eigenvalue weighted by Gasteiger charge is -2.12. The molecule has 4 nitrogen and oxygen atoms in total. The maximum absolute atomic E-state index is 11.3. The molecule has 2 N–H and O–H groups in total. The lowest BCUT2D eigenvalue weighted by atomic mass is 10.1. The van der Waals surface area contributed by atoms with Crippen molar-refractivity contribution in [3.8, 4) is 0 Å². The normalized spacial score (nSPS) is 10.3. The van der Waals surface area contributed by atoms with Gasteiger partial charge in [0, 0.05) is 12.2 Å². The van der Waals surface area contributed by atoms with Gasteiger partial charge in [-0.15, -0.1) is 0 Å². The van der Waals surface area contributed by atoms with Gasteiger partial charge in [0.1, 0.15) is 5.56 Å². The van der Waals surface area contributed by atoms with E-state index in [1.54, 1.807) is 13.0 Å². The number of pyridine rings is 1. The number of aromatic nitrogens is 1. The fourth-order valence-corrected chi connectivity index (χ4v) is 2.26. The van der Waals surface area contributed by atoms with Crippen molar-refractivity contribution in [1.29, 1.82) is 0 Å². The van der Waals surface area contributed by atoms with Crippen molar-refractivity contribution < 1.29 is 9.90 Å². The van der Waals surface area contributed by atoms with Crippen molar-refractivity contribution in [3.63, 3.8) is 0 Å². The van der Waals surface area contributed by atoms with Gasteiger partial charge in [-0.05, 0) is 32.4 Å².